The first kappa shape index (κ1) is 12.8. The van der Waals surface area contributed by atoms with Crippen LogP contribution in [0.2, 0.25) is 0 Å². The minimum absolute atomic E-state index is 0.0943. The maximum atomic E-state index is 13.5. The van der Waals surface area contributed by atoms with Gasteiger partial charge in [-0.3, -0.25) is 0 Å². The molecular weight excluding hydrogens is 229 g/mol. The van der Waals surface area contributed by atoms with E-state index in [0.29, 0.717) is 12.1 Å². The van der Waals surface area contributed by atoms with Gasteiger partial charge in [0, 0.05) is 25.5 Å². The summed E-state index contributed by atoms with van der Waals surface area (Å²) in [6.07, 6.45) is 3.68. The zero-order chi connectivity index (χ0) is 13.1. The Morgan fingerprint density at radius 1 is 1.44 bits per heavy atom. The Balaban J connectivity index is 2.01. The van der Waals surface area contributed by atoms with Crippen molar-refractivity contribution in [3.63, 3.8) is 0 Å². The molecule has 1 heterocycles. The second kappa shape index (κ2) is 5.31. The van der Waals surface area contributed by atoms with E-state index in [2.05, 4.69) is 10.3 Å². The van der Waals surface area contributed by atoms with Crippen LogP contribution in [0.1, 0.15) is 29.9 Å². The maximum Gasteiger partial charge on any atom is 0.126 e. The average molecular weight is 247 g/mol. The Morgan fingerprint density at radius 3 is 2.83 bits per heavy atom. The van der Waals surface area contributed by atoms with Crippen molar-refractivity contribution in [1.82, 2.24) is 14.9 Å². The first-order valence-corrected chi connectivity index (χ1v) is 6.03. The fourth-order valence-corrected chi connectivity index (χ4v) is 1.81. The van der Waals surface area contributed by atoms with E-state index in [1.54, 1.807) is 19.2 Å². The molecule has 0 saturated carbocycles. The molecule has 2 rings (SSSR count). The quantitative estimate of drug-likeness (QED) is 0.900. The second-order valence-electron chi connectivity index (χ2n) is 4.57. The zero-order valence-corrected chi connectivity index (χ0v) is 10.9. The molecule has 1 unspecified atom stereocenters. The Hall–Kier alpha value is -1.68. The highest BCUT2D eigenvalue weighted by Gasteiger charge is 2.08. The van der Waals surface area contributed by atoms with Crippen LogP contribution in [0.4, 0.5) is 4.39 Å². The fraction of sp³-hybridized carbons (Fsp3) is 0.357. The molecule has 0 spiro atoms. The number of hydrogen-bond donors (Lipinski definition) is 1. The van der Waals surface area contributed by atoms with Gasteiger partial charge >= 0.3 is 0 Å². The molecule has 1 aromatic heterocycles. The van der Waals surface area contributed by atoms with Crippen LogP contribution >= 0.6 is 0 Å². The summed E-state index contributed by atoms with van der Waals surface area (Å²) in [5.74, 6) is 0.813. The van der Waals surface area contributed by atoms with E-state index >= 15 is 0 Å². The molecule has 2 aromatic rings. The van der Waals surface area contributed by atoms with E-state index in [1.165, 1.54) is 0 Å². The molecule has 0 radical (unpaired) electrons. The van der Waals surface area contributed by atoms with Crippen molar-refractivity contribution in [2.24, 2.45) is 7.05 Å². The van der Waals surface area contributed by atoms with Gasteiger partial charge in [0.2, 0.25) is 0 Å². The summed E-state index contributed by atoms with van der Waals surface area (Å²) in [5.41, 5.74) is 1.63. The molecule has 0 aliphatic heterocycles. The van der Waals surface area contributed by atoms with Gasteiger partial charge in [0.25, 0.3) is 0 Å². The van der Waals surface area contributed by atoms with Crippen molar-refractivity contribution in [2.45, 2.75) is 26.4 Å². The van der Waals surface area contributed by atoms with Crippen LogP contribution < -0.4 is 5.32 Å². The number of nitrogens with zero attached hydrogens (tertiary/aromatic N) is 2. The van der Waals surface area contributed by atoms with Gasteiger partial charge in [0.15, 0.2) is 0 Å². The van der Waals surface area contributed by atoms with E-state index in [4.69, 9.17) is 0 Å². The van der Waals surface area contributed by atoms with Crippen LogP contribution in [-0.2, 0) is 13.6 Å². The minimum Gasteiger partial charge on any atom is -0.337 e. The van der Waals surface area contributed by atoms with E-state index < -0.39 is 0 Å². The molecule has 18 heavy (non-hydrogen) atoms. The van der Waals surface area contributed by atoms with E-state index in [0.717, 1.165) is 11.4 Å². The lowest BCUT2D eigenvalue weighted by molar-refractivity contribution is 0.542. The van der Waals surface area contributed by atoms with Crippen molar-refractivity contribution in [3.8, 4) is 0 Å². The molecule has 1 N–H and O–H groups in total. The molecule has 0 aliphatic rings. The van der Waals surface area contributed by atoms with Crippen molar-refractivity contribution >= 4 is 0 Å². The highest BCUT2D eigenvalue weighted by Crippen LogP contribution is 2.16. The van der Waals surface area contributed by atoms with Gasteiger partial charge in [-0.15, -0.1) is 0 Å². The van der Waals surface area contributed by atoms with Gasteiger partial charge < -0.3 is 9.88 Å². The highest BCUT2D eigenvalue weighted by molar-refractivity contribution is 5.25. The Kier molecular flexibility index (Phi) is 3.77. The smallest absolute Gasteiger partial charge is 0.126 e. The number of aromatic nitrogens is 2. The molecule has 0 amide bonds. The van der Waals surface area contributed by atoms with Crippen LogP contribution in [0, 0.1) is 12.7 Å². The molecule has 3 nitrogen and oxygen atoms in total. The standard InChI is InChI=1S/C14H18FN3/c1-10-4-5-12(8-13(10)15)11(2)17-9-14-16-6-7-18(14)3/h4-8,11,17H,9H2,1-3H3. The highest BCUT2D eigenvalue weighted by atomic mass is 19.1. The summed E-state index contributed by atoms with van der Waals surface area (Å²) in [6, 6.07) is 5.44. The van der Waals surface area contributed by atoms with Gasteiger partial charge in [0.1, 0.15) is 11.6 Å². The molecular formula is C14H18FN3. The first-order valence-electron chi connectivity index (χ1n) is 6.03. The summed E-state index contributed by atoms with van der Waals surface area (Å²) in [5, 5.41) is 3.34. The molecule has 0 aliphatic carbocycles. The Bertz CT molecular complexity index is 534. The van der Waals surface area contributed by atoms with Crippen LogP contribution in [0.3, 0.4) is 0 Å². The largest absolute Gasteiger partial charge is 0.337 e. The monoisotopic (exact) mass is 247 g/mol. The molecule has 96 valence electrons. The summed E-state index contributed by atoms with van der Waals surface area (Å²) in [4.78, 5) is 4.24. The fourth-order valence-electron chi connectivity index (χ4n) is 1.81. The lowest BCUT2D eigenvalue weighted by Gasteiger charge is -2.14. The third-order valence-corrected chi connectivity index (χ3v) is 3.18. The Morgan fingerprint density at radius 2 is 2.22 bits per heavy atom. The number of halogens is 1. The van der Waals surface area contributed by atoms with Crippen LogP contribution in [0.15, 0.2) is 30.6 Å². The number of aryl methyl sites for hydroxylation is 2. The van der Waals surface area contributed by atoms with Crippen LogP contribution in [-0.4, -0.2) is 9.55 Å². The van der Waals surface area contributed by atoms with Crippen LogP contribution in [0.25, 0.3) is 0 Å². The van der Waals surface area contributed by atoms with Gasteiger partial charge in [0.05, 0.1) is 6.54 Å². The summed E-state index contributed by atoms with van der Waals surface area (Å²) < 4.78 is 15.4. The van der Waals surface area contributed by atoms with Gasteiger partial charge in [-0.25, -0.2) is 9.37 Å². The zero-order valence-electron chi connectivity index (χ0n) is 10.9. The molecule has 0 bridgehead atoms. The first-order chi connectivity index (χ1) is 8.58. The third-order valence-electron chi connectivity index (χ3n) is 3.18. The maximum absolute atomic E-state index is 13.5. The second-order valence-corrected chi connectivity index (χ2v) is 4.57. The predicted molar refractivity (Wildman–Crippen MR) is 69.6 cm³/mol. The summed E-state index contributed by atoms with van der Waals surface area (Å²) in [6.45, 7) is 4.46. The Labute approximate surface area is 107 Å². The molecule has 0 saturated heterocycles. The van der Waals surface area contributed by atoms with Gasteiger partial charge in [-0.1, -0.05) is 12.1 Å². The average Bonchev–Trinajstić information content (AvgIpc) is 2.75. The number of nitrogens with one attached hydrogen (secondary N) is 1. The van der Waals surface area contributed by atoms with E-state index in [1.807, 2.05) is 36.9 Å². The van der Waals surface area contributed by atoms with Crippen LogP contribution in [0.5, 0.6) is 0 Å². The molecule has 4 heteroatoms. The van der Waals surface area contributed by atoms with E-state index in [9.17, 15) is 4.39 Å². The number of rotatable bonds is 4. The van der Waals surface area contributed by atoms with E-state index in [-0.39, 0.29) is 11.9 Å². The van der Waals surface area contributed by atoms with Gasteiger partial charge in [-0.2, -0.15) is 0 Å². The lowest BCUT2D eigenvalue weighted by atomic mass is 10.1. The molecule has 1 aromatic carbocycles. The van der Waals surface area contributed by atoms with Crippen molar-refractivity contribution in [3.05, 3.63) is 53.4 Å². The van der Waals surface area contributed by atoms with Gasteiger partial charge in [-0.05, 0) is 31.0 Å². The number of hydrogen-bond acceptors (Lipinski definition) is 2. The van der Waals surface area contributed by atoms with Crippen molar-refractivity contribution < 1.29 is 4.39 Å². The third kappa shape index (κ3) is 2.76. The number of benzene rings is 1. The normalized spacial score (nSPS) is 12.7. The summed E-state index contributed by atoms with van der Waals surface area (Å²) in [7, 11) is 1.96. The minimum atomic E-state index is -0.154. The summed E-state index contributed by atoms with van der Waals surface area (Å²) >= 11 is 0. The molecule has 0 fully saturated rings. The molecule has 1 atom stereocenters. The lowest BCUT2D eigenvalue weighted by Crippen LogP contribution is -2.20. The predicted octanol–water partition coefficient (Wildman–Crippen LogP) is 2.72. The van der Waals surface area contributed by atoms with Crippen molar-refractivity contribution in [2.75, 3.05) is 0 Å². The SMILES string of the molecule is Cc1ccc(C(C)NCc2nccn2C)cc1F. The topological polar surface area (TPSA) is 29.9 Å². The van der Waals surface area contributed by atoms with Crippen molar-refractivity contribution in [1.29, 1.82) is 0 Å². The number of imidazole rings is 1.